The first kappa shape index (κ1) is 14.3. The number of nitrogens with one attached hydrogen (secondary N) is 1. The Bertz CT molecular complexity index is 538. The van der Waals surface area contributed by atoms with Gasteiger partial charge in [0, 0.05) is 25.3 Å². The van der Waals surface area contributed by atoms with E-state index in [9.17, 15) is 14.9 Å². The molecule has 0 amide bonds. The third kappa shape index (κ3) is 3.05. The maximum Gasteiger partial charge on any atom is 0.337 e. The summed E-state index contributed by atoms with van der Waals surface area (Å²) in [6.07, 6.45) is 1.83. The third-order valence-electron chi connectivity index (χ3n) is 3.40. The lowest BCUT2D eigenvalue weighted by Gasteiger charge is -2.24. The van der Waals surface area contributed by atoms with Crippen LogP contribution in [-0.4, -0.2) is 34.8 Å². The van der Waals surface area contributed by atoms with Crippen molar-refractivity contribution < 1.29 is 19.6 Å². The van der Waals surface area contributed by atoms with E-state index in [-0.39, 0.29) is 22.5 Å². The summed E-state index contributed by atoms with van der Waals surface area (Å²) in [4.78, 5) is 21.4. The number of hydrogen-bond acceptors (Lipinski definition) is 5. The van der Waals surface area contributed by atoms with Crippen LogP contribution < -0.4 is 5.32 Å². The smallest absolute Gasteiger partial charge is 0.337 e. The Morgan fingerprint density at radius 2 is 2.35 bits per heavy atom. The van der Waals surface area contributed by atoms with Crippen LogP contribution in [0.25, 0.3) is 0 Å². The van der Waals surface area contributed by atoms with Crippen LogP contribution in [0.1, 0.15) is 30.1 Å². The molecule has 0 spiro atoms. The van der Waals surface area contributed by atoms with Gasteiger partial charge in [-0.05, 0) is 25.8 Å². The van der Waals surface area contributed by atoms with Crippen molar-refractivity contribution in [3.05, 3.63) is 33.9 Å². The fourth-order valence-corrected chi connectivity index (χ4v) is 2.24. The molecule has 1 aliphatic heterocycles. The summed E-state index contributed by atoms with van der Waals surface area (Å²) in [6, 6.07) is 3.66. The zero-order chi connectivity index (χ0) is 14.8. The number of carbonyl (C=O) groups is 1. The number of nitro benzene ring substituents is 1. The minimum absolute atomic E-state index is 0.0113. The number of rotatable bonds is 5. The van der Waals surface area contributed by atoms with Crippen molar-refractivity contribution >= 4 is 17.3 Å². The van der Waals surface area contributed by atoms with E-state index in [4.69, 9.17) is 9.84 Å². The Kier molecular flexibility index (Phi) is 3.89. The van der Waals surface area contributed by atoms with E-state index in [0.717, 1.165) is 12.8 Å². The van der Waals surface area contributed by atoms with Gasteiger partial charge < -0.3 is 15.2 Å². The van der Waals surface area contributed by atoms with Crippen LogP contribution in [-0.2, 0) is 4.74 Å². The van der Waals surface area contributed by atoms with Gasteiger partial charge in [-0.25, -0.2) is 4.79 Å². The normalized spacial score (nSPS) is 21.6. The highest BCUT2D eigenvalue weighted by molar-refractivity contribution is 5.94. The van der Waals surface area contributed by atoms with Gasteiger partial charge in [0.1, 0.15) is 0 Å². The predicted octanol–water partition coefficient (Wildman–Crippen LogP) is 2.27. The van der Waals surface area contributed by atoms with Gasteiger partial charge in [0.05, 0.1) is 21.8 Å². The molecule has 1 aliphatic rings. The molecular formula is C13H16N2O5. The van der Waals surface area contributed by atoms with Crippen LogP contribution >= 0.6 is 0 Å². The van der Waals surface area contributed by atoms with Crippen molar-refractivity contribution in [2.45, 2.75) is 25.4 Å². The second kappa shape index (κ2) is 5.46. The Labute approximate surface area is 115 Å². The monoisotopic (exact) mass is 280 g/mol. The molecule has 0 saturated carbocycles. The lowest BCUT2D eigenvalue weighted by atomic mass is 10.0. The zero-order valence-corrected chi connectivity index (χ0v) is 11.1. The molecule has 1 unspecified atom stereocenters. The van der Waals surface area contributed by atoms with E-state index in [1.54, 1.807) is 0 Å². The average Bonchev–Trinajstić information content (AvgIpc) is 2.83. The molecule has 0 aromatic heterocycles. The Hall–Kier alpha value is -2.15. The Morgan fingerprint density at radius 3 is 2.90 bits per heavy atom. The van der Waals surface area contributed by atoms with Crippen LogP contribution in [0.4, 0.5) is 11.4 Å². The van der Waals surface area contributed by atoms with Gasteiger partial charge in [-0.2, -0.15) is 0 Å². The largest absolute Gasteiger partial charge is 0.478 e. The molecule has 2 rings (SSSR count). The van der Waals surface area contributed by atoms with Crippen molar-refractivity contribution in [3.63, 3.8) is 0 Å². The molecule has 0 aliphatic carbocycles. The molecule has 1 fully saturated rings. The van der Waals surface area contributed by atoms with E-state index in [0.29, 0.717) is 13.2 Å². The lowest BCUT2D eigenvalue weighted by Crippen LogP contribution is -2.32. The third-order valence-corrected chi connectivity index (χ3v) is 3.40. The molecule has 0 radical (unpaired) electrons. The number of nitrogens with zero attached hydrogens (tertiary/aromatic N) is 1. The standard InChI is InChI=1S/C13H16N2O5/c1-13(5-2-6-20-13)8-14-11-7-9(15(18)19)3-4-10(11)12(16)17/h3-4,7,14H,2,5-6,8H2,1H3,(H,16,17). The number of carboxylic acid groups (broad SMARTS) is 1. The summed E-state index contributed by atoms with van der Waals surface area (Å²) in [5.41, 5.74) is -0.254. The summed E-state index contributed by atoms with van der Waals surface area (Å²) >= 11 is 0. The van der Waals surface area contributed by atoms with E-state index >= 15 is 0 Å². The molecule has 1 atom stereocenters. The number of nitro groups is 1. The second-order valence-corrected chi connectivity index (χ2v) is 5.05. The number of aromatic carboxylic acids is 1. The lowest BCUT2D eigenvalue weighted by molar-refractivity contribution is -0.384. The average molecular weight is 280 g/mol. The first-order valence-corrected chi connectivity index (χ1v) is 6.31. The highest BCUT2D eigenvalue weighted by Gasteiger charge is 2.30. The SMILES string of the molecule is CC1(CNc2cc([N+](=O)[O-])ccc2C(=O)O)CCCO1. The van der Waals surface area contributed by atoms with Gasteiger partial charge in [-0.15, -0.1) is 0 Å². The maximum absolute atomic E-state index is 11.1. The van der Waals surface area contributed by atoms with Gasteiger partial charge in [0.25, 0.3) is 5.69 Å². The number of non-ortho nitro benzene ring substituents is 1. The first-order chi connectivity index (χ1) is 9.41. The quantitative estimate of drug-likeness (QED) is 0.633. The van der Waals surface area contributed by atoms with Crippen LogP contribution in [0.15, 0.2) is 18.2 Å². The number of ether oxygens (including phenoxy) is 1. The summed E-state index contributed by atoms with van der Waals surface area (Å²) in [6.45, 7) is 3.03. The second-order valence-electron chi connectivity index (χ2n) is 5.05. The van der Waals surface area contributed by atoms with Gasteiger partial charge in [0.15, 0.2) is 0 Å². The molecule has 1 aromatic rings. The van der Waals surface area contributed by atoms with Gasteiger partial charge >= 0.3 is 5.97 Å². The summed E-state index contributed by atoms with van der Waals surface area (Å²) in [5.74, 6) is -1.13. The predicted molar refractivity (Wildman–Crippen MR) is 72.1 cm³/mol. The molecule has 7 nitrogen and oxygen atoms in total. The van der Waals surface area contributed by atoms with Gasteiger partial charge in [-0.3, -0.25) is 10.1 Å². The highest BCUT2D eigenvalue weighted by Crippen LogP contribution is 2.28. The minimum Gasteiger partial charge on any atom is -0.478 e. The molecule has 0 bridgehead atoms. The van der Waals surface area contributed by atoms with Crippen LogP contribution in [0.3, 0.4) is 0 Å². The molecule has 2 N–H and O–H groups in total. The fourth-order valence-electron chi connectivity index (χ4n) is 2.24. The topological polar surface area (TPSA) is 102 Å². The van der Waals surface area contributed by atoms with Crippen molar-refractivity contribution in [1.29, 1.82) is 0 Å². The van der Waals surface area contributed by atoms with Crippen LogP contribution in [0.2, 0.25) is 0 Å². The fraction of sp³-hybridized carbons (Fsp3) is 0.462. The zero-order valence-electron chi connectivity index (χ0n) is 11.1. The van der Waals surface area contributed by atoms with E-state index < -0.39 is 10.9 Å². The molecule has 108 valence electrons. The Morgan fingerprint density at radius 1 is 1.60 bits per heavy atom. The van der Waals surface area contributed by atoms with Gasteiger partial charge in [-0.1, -0.05) is 0 Å². The van der Waals surface area contributed by atoms with E-state index in [1.165, 1.54) is 18.2 Å². The molecule has 1 saturated heterocycles. The number of carboxylic acids is 1. The van der Waals surface area contributed by atoms with Crippen molar-refractivity contribution in [3.8, 4) is 0 Å². The van der Waals surface area contributed by atoms with Crippen molar-refractivity contribution in [2.75, 3.05) is 18.5 Å². The Balaban J connectivity index is 2.21. The van der Waals surface area contributed by atoms with E-state index in [2.05, 4.69) is 5.32 Å². The summed E-state index contributed by atoms with van der Waals surface area (Å²) in [5, 5.41) is 22.8. The van der Waals surface area contributed by atoms with Crippen molar-refractivity contribution in [1.82, 2.24) is 0 Å². The van der Waals surface area contributed by atoms with Crippen LogP contribution in [0, 0.1) is 10.1 Å². The molecule has 20 heavy (non-hydrogen) atoms. The van der Waals surface area contributed by atoms with E-state index in [1.807, 2.05) is 6.92 Å². The minimum atomic E-state index is -1.13. The van der Waals surface area contributed by atoms with Crippen LogP contribution in [0.5, 0.6) is 0 Å². The summed E-state index contributed by atoms with van der Waals surface area (Å²) in [7, 11) is 0. The molecular weight excluding hydrogens is 264 g/mol. The van der Waals surface area contributed by atoms with Gasteiger partial charge in [0.2, 0.25) is 0 Å². The summed E-state index contributed by atoms with van der Waals surface area (Å²) < 4.78 is 5.60. The number of hydrogen-bond donors (Lipinski definition) is 2. The first-order valence-electron chi connectivity index (χ1n) is 6.31. The molecule has 7 heteroatoms. The number of anilines is 1. The van der Waals surface area contributed by atoms with Crippen molar-refractivity contribution in [2.24, 2.45) is 0 Å². The highest BCUT2D eigenvalue weighted by atomic mass is 16.6. The maximum atomic E-state index is 11.1. The number of benzene rings is 1. The molecule has 1 heterocycles. The molecule has 1 aromatic carbocycles.